The number of nitrogens with zero attached hydrogens (tertiary/aromatic N) is 2. The standard InChI is InChI=1S/C28H26ClN3O3/c1-20-10-12-21(13-11-20)19-35-28(34)26(23-7-3-2-4-8-23)27(33)32(25-9-5-6-16-30-25)18-22-14-15-24(29)31-17-22/h2-17,25-26,30H,18-19H2,1H3. The minimum absolute atomic E-state index is 0.0845. The molecule has 2 aromatic carbocycles. The van der Waals surface area contributed by atoms with Crippen LogP contribution in [0.4, 0.5) is 0 Å². The largest absolute Gasteiger partial charge is 0.460 e. The third-order valence-corrected chi connectivity index (χ3v) is 5.87. The van der Waals surface area contributed by atoms with Crippen molar-refractivity contribution < 1.29 is 14.3 Å². The Morgan fingerprint density at radius 1 is 1.03 bits per heavy atom. The zero-order valence-electron chi connectivity index (χ0n) is 19.3. The molecule has 0 spiro atoms. The first-order valence-electron chi connectivity index (χ1n) is 11.3. The van der Waals surface area contributed by atoms with E-state index in [1.165, 1.54) is 0 Å². The summed E-state index contributed by atoms with van der Waals surface area (Å²) in [7, 11) is 0. The van der Waals surface area contributed by atoms with E-state index in [2.05, 4.69) is 10.3 Å². The molecule has 0 bridgehead atoms. The van der Waals surface area contributed by atoms with Gasteiger partial charge in [0.2, 0.25) is 5.91 Å². The number of halogens is 1. The van der Waals surface area contributed by atoms with E-state index in [0.29, 0.717) is 10.7 Å². The summed E-state index contributed by atoms with van der Waals surface area (Å²) in [5, 5.41) is 3.55. The predicted octanol–water partition coefficient (Wildman–Crippen LogP) is 4.90. The number of carbonyl (C=O) groups excluding carboxylic acids is 2. The van der Waals surface area contributed by atoms with Crippen molar-refractivity contribution >= 4 is 23.5 Å². The maximum Gasteiger partial charge on any atom is 0.323 e. The number of pyridine rings is 1. The average Bonchev–Trinajstić information content (AvgIpc) is 2.89. The lowest BCUT2D eigenvalue weighted by Gasteiger charge is -2.33. The smallest absolute Gasteiger partial charge is 0.323 e. The Bertz CT molecular complexity index is 1210. The van der Waals surface area contributed by atoms with Crippen molar-refractivity contribution in [3.05, 3.63) is 125 Å². The number of aryl methyl sites for hydroxylation is 1. The van der Waals surface area contributed by atoms with Gasteiger partial charge in [-0.25, -0.2) is 4.98 Å². The fourth-order valence-electron chi connectivity index (χ4n) is 3.75. The second kappa shape index (κ2) is 11.5. The van der Waals surface area contributed by atoms with Crippen LogP contribution in [0.15, 0.2) is 97.4 Å². The van der Waals surface area contributed by atoms with E-state index in [4.69, 9.17) is 16.3 Å². The van der Waals surface area contributed by atoms with Crippen molar-refractivity contribution in [2.45, 2.75) is 32.2 Å². The van der Waals surface area contributed by atoms with Crippen LogP contribution in [-0.2, 0) is 27.5 Å². The topological polar surface area (TPSA) is 71.5 Å². The summed E-state index contributed by atoms with van der Waals surface area (Å²) in [6, 6.07) is 20.2. The molecule has 4 rings (SSSR count). The maximum absolute atomic E-state index is 14.0. The zero-order valence-corrected chi connectivity index (χ0v) is 20.1. The molecular formula is C28H26ClN3O3. The maximum atomic E-state index is 14.0. The number of ether oxygens (including phenoxy) is 1. The van der Waals surface area contributed by atoms with Crippen molar-refractivity contribution in [2.75, 3.05) is 0 Å². The Morgan fingerprint density at radius 2 is 1.77 bits per heavy atom. The van der Waals surface area contributed by atoms with Crippen LogP contribution in [0.3, 0.4) is 0 Å². The highest BCUT2D eigenvalue weighted by Crippen LogP contribution is 2.24. The molecule has 2 atom stereocenters. The van der Waals surface area contributed by atoms with E-state index >= 15 is 0 Å². The minimum Gasteiger partial charge on any atom is -0.460 e. The fourth-order valence-corrected chi connectivity index (χ4v) is 3.86. The molecule has 7 heteroatoms. The van der Waals surface area contributed by atoms with Gasteiger partial charge >= 0.3 is 5.97 Å². The number of carbonyl (C=O) groups is 2. The number of hydrogen-bond acceptors (Lipinski definition) is 5. The number of allylic oxidation sites excluding steroid dienone is 2. The van der Waals surface area contributed by atoms with Gasteiger partial charge in [0, 0.05) is 12.7 Å². The van der Waals surface area contributed by atoms with Crippen LogP contribution in [-0.4, -0.2) is 27.9 Å². The number of hydrogen-bond donors (Lipinski definition) is 1. The van der Waals surface area contributed by atoms with Crippen LogP contribution in [0.5, 0.6) is 0 Å². The van der Waals surface area contributed by atoms with Crippen molar-refractivity contribution in [3.8, 4) is 0 Å². The third kappa shape index (κ3) is 6.37. The van der Waals surface area contributed by atoms with Gasteiger partial charge < -0.3 is 15.0 Å². The number of rotatable bonds is 8. The average molecular weight is 488 g/mol. The Balaban J connectivity index is 1.62. The number of esters is 1. The third-order valence-electron chi connectivity index (χ3n) is 5.65. The van der Waals surface area contributed by atoms with Gasteiger partial charge in [0.1, 0.15) is 17.9 Å². The molecule has 6 nitrogen and oxygen atoms in total. The van der Waals surface area contributed by atoms with E-state index in [-0.39, 0.29) is 19.1 Å². The quantitative estimate of drug-likeness (QED) is 0.278. The van der Waals surface area contributed by atoms with Gasteiger partial charge in [0.15, 0.2) is 5.92 Å². The summed E-state index contributed by atoms with van der Waals surface area (Å²) in [6.45, 7) is 2.31. The summed E-state index contributed by atoms with van der Waals surface area (Å²) < 4.78 is 5.64. The van der Waals surface area contributed by atoms with Gasteiger partial charge in [-0.1, -0.05) is 83.9 Å². The van der Waals surface area contributed by atoms with E-state index in [0.717, 1.165) is 16.7 Å². The molecule has 0 fully saturated rings. The second-order valence-electron chi connectivity index (χ2n) is 8.25. The Kier molecular flexibility index (Phi) is 7.95. The molecule has 1 amide bonds. The first-order chi connectivity index (χ1) is 17.0. The summed E-state index contributed by atoms with van der Waals surface area (Å²) in [4.78, 5) is 33.1. The molecular weight excluding hydrogens is 462 g/mol. The highest BCUT2D eigenvalue weighted by Gasteiger charge is 2.36. The lowest BCUT2D eigenvalue weighted by molar-refractivity contribution is -0.153. The van der Waals surface area contributed by atoms with E-state index < -0.39 is 18.1 Å². The first-order valence-corrected chi connectivity index (χ1v) is 11.7. The highest BCUT2D eigenvalue weighted by molar-refractivity contribution is 6.29. The molecule has 0 saturated heterocycles. The van der Waals surface area contributed by atoms with Crippen molar-refractivity contribution in [1.82, 2.24) is 15.2 Å². The monoisotopic (exact) mass is 487 g/mol. The molecule has 35 heavy (non-hydrogen) atoms. The molecule has 1 aliphatic rings. The van der Waals surface area contributed by atoms with E-state index in [1.807, 2.05) is 61.5 Å². The van der Waals surface area contributed by atoms with Gasteiger partial charge in [0.05, 0.1) is 0 Å². The Hall–Kier alpha value is -3.90. The van der Waals surface area contributed by atoms with Gasteiger partial charge in [-0.15, -0.1) is 0 Å². The molecule has 1 N–H and O–H groups in total. The molecule has 0 aliphatic carbocycles. The van der Waals surface area contributed by atoms with Gasteiger partial charge in [-0.05, 0) is 48.0 Å². The minimum atomic E-state index is -1.12. The van der Waals surface area contributed by atoms with Crippen LogP contribution >= 0.6 is 11.6 Å². The van der Waals surface area contributed by atoms with Crippen molar-refractivity contribution in [2.24, 2.45) is 0 Å². The SMILES string of the molecule is Cc1ccc(COC(=O)C(C(=O)N(Cc2ccc(Cl)nc2)C2C=CC=CN2)c2ccccc2)cc1. The van der Waals surface area contributed by atoms with Gasteiger partial charge in [0.25, 0.3) is 0 Å². The Morgan fingerprint density at radius 3 is 2.43 bits per heavy atom. The Labute approximate surface area is 209 Å². The summed E-state index contributed by atoms with van der Waals surface area (Å²) in [6.07, 6.45) is 8.50. The summed E-state index contributed by atoms with van der Waals surface area (Å²) in [5.41, 5.74) is 3.33. The molecule has 0 radical (unpaired) electrons. The molecule has 2 unspecified atom stereocenters. The van der Waals surface area contributed by atoms with Crippen LogP contribution < -0.4 is 5.32 Å². The van der Waals surface area contributed by atoms with Crippen LogP contribution in [0, 0.1) is 6.92 Å². The summed E-state index contributed by atoms with van der Waals surface area (Å²) in [5.74, 6) is -2.10. The van der Waals surface area contributed by atoms with Crippen molar-refractivity contribution in [1.29, 1.82) is 0 Å². The first kappa shape index (κ1) is 24.2. The van der Waals surface area contributed by atoms with Crippen LogP contribution in [0.1, 0.15) is 28.2 Å². The number of amides is 1. The molecule has 2 heterocycles. The lowest BCUT2D eigenvalue weighted by atomic mass is 9.97. The van der Waals surface area contributed by atoms with Crippen molar-refractivity contribution in [3.63, 3.8) is 0 Å². The van der Waals surface area contributed by atoms with Crippen LogP contribution in [0.2, 0.25) is 5.15 Å². The number of benzene rings is 2. The molecule has 3 aromatic rings. The lowest BCUT2D eigenvalue weighted by Crippen LogP contribution is -2.49. The van der Waals surface area contributed by atoms with Gasteiger partial charge in [-0.3, -0.25) is 9.59 Å². The predicted molar refractivity (Wildman–Crippen MR) is 135 cm³/mol. The normalized spacial score (nSPS) is 15.2. The molecule has 1 aliphatic heterocycles. The number of aromatic nitrogens is 1. The highest BCUT2D eigenvalue weighted by atomic mass is 35.5. The second-order valence-corrected chi connectivity index (χ2v) is 8.64. The molecule has 0 saturated carbocycles. The van der Waals surface area contributed by atoms with Gasteiger partial charge in [-0.2, -0.15) is 0 Å². The number of nitrogens with one attached hydrogen (secondary N) is 1. The van der Waals surface area contributed by atoms with Crippen LogP contribution in [0.25, 0.3) is 0 Å². The fraction of sp³-hybridized carbons (Fsp3) is 0.179. The summed E-state index contributed by atoms with van der Waals surface area (Å²) >= 11 is 5.94. The molecule has 1 aromatic heterocycles. The molecule has 178 valence electrons. The van der Waals surface area contributed by atoms with E-state index in [1.54, 1.807) is 47.6 Å². The number of dihydropyridines is 1. The zero-order chi connectivity index (χ0) is 24.6. The van der Waals surface area contributed by atoms with E-state index in [9.17, 15) is 9.59 Å².